The van der Waals surface area contributed by atoms with Crippen molar-refractivity contribution < 1.29 is 15.0 Å². The fourth-order valence-corrected chi connectivity index (χ4v) is 0.956. The van der Waals surface area contributed by atoms with E-state index in [4.69, 9.17) is 26.5 Å². The van der Waals surface area contributed by atoms with Crippen LogP contribution in [0, 0.1) is 0 Å². The quantitative estimate of drug-likeness (QED) is 0.562. The van der Waals surface area contributed by atoms with E-state index in [1.165, 1.54) is 0 Å². The number of carboxylic acid groups (broad SMARTS) is 2. The number of rotatable bonds is 2. The van der Waals surface area contributed by atoms with Crippen molar-refractivity contribution in [1.29, 1.82) is 0 Å². The molecule has 0 aliphatic rings. The minimum absolute atomic E-state index is 0.577. The smallest absolute Gasteiger partial charge is 0.450 e. The van der Waals surface area contributed by atoms with Crippen LogP contribution in [-0.2, 0) is 13.1 Å². The summed E-state index contributed by atoms with van der Waals surface area (Å²) in [4.78, 5) is 8.56. The second kappa shape index (κ2) is 6.88. The summed E-state index contributed by atoms with van der Waals surface area (Å²) in [6, 6.07) is 7.95. The topological polar surface area (TPSA) is 110 Å². The Kier molecular flexibility index (Phi) is 6.09. The predicted octanol–water partition coefficient (Wildman–Crippen LogP) is 0.826. The van der Waals surface area contributed by atoms with Crippen LogP contribution in [0.1, 0.15) is 11.1 Å². The van der Waals surface area contributed by atoms with Gasteiger partial charge in [-0.15, -0.1) is 0 Å². The molecule has 1 aromatic rings. The Balaban J connectivity index is 0.000000364. The molecule has 6 N–H and O–H groups in total. The summed E-state index contributed by atoms with van der Waals surface area (Å²) in [5.41, 5.74) is 13.2. The number of hydrogen-bond donors (Lipinski definition) is 4. The van der Waals surface area contributed by atoms with Gasteiger partial charge in [-0.05, 0) is 11.1 Å². The van der Waals surface area contributed by atoms with Gasteiger partial charge in [0.2, 0.25) is 0 Å². The minimum atomic E-state index is -1.83. The van der Waals surface area contributed by atoms with E-state index in [1.807, 2.05) is 24.3 Å². The molecule has 0 saturated carbocycles. The van der Waals surface area contributed by atoms with Gasteiger partial charge in [-0.3, -0.25) is 0 Å². The van der Waals surface area contributed by atoms with Crippen LogP contribution < -0.4 is 11.5 Å². The van der Waals surface area contributed by atoms with E-state index in [2.05, 4.69) is 0 Å². The zero-order valence-corrected chi connectivity index (χ0v) is 7.68. The van der Waals surface area contributed by atoms with E-state index in [-0.39, 0.29) is 0 Å². The number of hydrogen-bond acceptors (Lipinski definition) is 3. The molecule has 5 heteroatoms. The largest absolute Gasteiger partial charge is 0.503 e. The first-order chi connectivity index (χ1) is 6.61. The van der Waals surface area contributed by atoms with E-state index in [0.717, 1.165) is 11.1 Å². The van der Waals surface area contributed by atoms with Crippen molar-refractivity contribution in [2.75, 3.05) is 0 Å². The van der Waals surface area contributed by atoms with Crippen LogP contribution in [0.3, 0.4) is 0 Å². The van der Waals surface area contributed by atoms with Gasteiger partial charge in [-0.2, -0.15) is 0 Å². The molecule has 0 fully saturated rings. The zero-order chi connectivity index (χ0) is 11.0. The molecule has 5 nitrogen and oxygen atoms in total. The summed E-state index contributed by atoms with van der Waals surface area (Å²) in [6.07, 6.45) is -1.83. The molecule has 78 valence electrons. The fraction of sp³-hybridized carbons (Fsp3) is 0.222. The van der Waals surface area contributed by atoms with Gasteiger partial charge in [0.25, 0.3) is 0 Å². The van der Waals surface area contributed by atoms with Crippen molar-refractivity contribution >= 4 is 6.16 Å². The van der Waals surface area contributed by atoms with Crippen molar-refractivity contribution in [3.8, 4) is 0 Å². The van der Waals surface area contributed by atoms with Crippen LogP contribution in [0.5, 0.6) is 0 Å². The maximum absolute atomic E-state index is 8.56. The molecule has 0 saturated heterocycles. The van der Waals surface area contributed by atoms with E-state index in [0.29, 0.717) is 13.1 Å². The molecule has 0 spiro atoms. The monoisotopic (exact) mass is 198 g/mol. The highest BCUT2D eigenvalue weighted by Crippen LogP contribution is 2.05. The molecule has 1 rings (SSSR count). The van der Waals surface area contributed by atoms with Crippen molar-refractivity contribution in [3.05, 3.63) is 35.4 Å². The normalized spacial score (nSPS) is 8.71. The van der Waals surface area contributed by atoms with Gasteiger partial charge in [0.1, 0.15) is 0 Å². The zero-order valence-electron chi connectivity index (χ0n) is 7.68. The van der Waals surface area contributed by atoms with Gasteiger partial charge in [0.05, 0.1) is 0 Å². The summed E-state index contributed by atoms with van der Waals surface area (Å²) in [6.45, 7) is 1.15. The van der Waals surface area contributed by atoms with Crippen LogP contribution in [0.4, 0.5) is 4.79 Å². The molecule has 0 unspecified atom stereocenters. The van der Waals surface area contributed by atoms with Gasteiger partial charge < -0.3 is 21.7 Å². The molecule has 0 aromatic heterocycles. The first kappa shape index (κ1) is 12.4. The van der Waals surface area contributed by atoms with Gasteiger partial charge in [-0.1, -0.05) is 24.3 Å². The Morgan fingerprint density at radius 1 is 1.07 bits per heavy atom. The number of carbonyl (C=O) groups is 1. The molecule has 0 amide bonds. The summed E-state index contributed by atoms with van der Waals surface area (Å²) >= 11 is 0. The van der Waals surface area contributed by atoms with Crippen molar-refractivity contribution in [1.82, 2.24) is 0 Å². The Bertz CT molecular complexity index is 262. The highest BCUT2D eigenvalue weighted by Gasteiger charge is 1.94. The molecule has 14 heavy (non-hydrogen) atoms. The number of benzene rings is 1. The second-order valence-corrected chi connectivity index (χ2v) is 2.46. The third-order valence-corrected chi connectivity index (χ3v) is 1.56. The van der Waals surface area contributed by atoms with E-state index in [1.54, 1.807) is 0 Å². The molecular formula is C9H14N2O3. The molecule has 0 bridgehead atoms. The molecular weight excluding hydrogens is 184 g/mol. The molecule has 0 aliphatic heterocycles. The summed E-state index contributed by atoms with van der Waals surface area (Å²) in [5, 5.41) is 13.9. The maximum atomic E-state index is 8.56. The lowest BCUT2D eigenvalue weighted by atomic mass is 10.1. The second-order valence-electron chi connectivity index (χ2n) is 2.46. The SMILES string of the molecule is NCc1ccccc1CN.O=C(O)O. The maximum Gasteiger partial charge on any atom is 0.503 e. The summed E-state index contributed by atoms with van der Waals surface area (Å²) in [7, 11) is 0. The Morgan fingerprint density at radius 3 is 1.57 bits per heavy atom. The van der Waals surface area contributed by atoms with Crippen LogP contribution in [0.15, 0.2) is 24.3 Å². The first-order valence-corrected chi connectivity index (χ1v) is 4.00. The minimum Gasteiger partial charge on any atom is -0.450 e. The predicted molar refractivity (Wildman–Crippen MR) is 52.9 cm³/mol. The molecule has 0 radical (unpaired) electrons. The third kappa shape index (κ3) is 5.13. The van der Waals surface area contributed by atoms with Crippen molar-refractivity contribution in [3.63, 3.8) is 0 Å². The third-order valence-electron chi connectivity index (χ3n) is 1.56. The lowest BCUT2D eigenvalue weighted by Gasteiger charge is -2.02. The van der Waals surface area contributed by atoms with E-state index in [9.17, 15) is 0 Å². The Morgan fingerprint density at radius 2 is 1.36 bits per heavy atom. The lowest BCUT2D eigenvalue weighted by Crippen LogP contribution is -2.05. The van der Waals surface area contributed by atoms with Crippen molar-refractivity contribution in [2.45, 2.75) is 13.1 Å². The number of nitrogens with two attached hydrogens (primary N) is 2. The average Bonchev–Trinajstić information content (AvgIpc) is 2.17. The standard InChI is InChI=1S/C8H12N2.CH2O3/c9-5-7-3-1-2-4-8(7)6-10;2-1(3)4/h1-4H,5-6,9-10H2;(H2,2,3,4). The molecule has 0 atom stereocenters. The highest BCUT2D eigenvalue weighted by molar-refractivity contribution is 5.53. The van der Waals surface area contributed by atoms with Gasteiger partial charge in [0, 0.05) is 13.1 Å². The van der Waals surface area contributed by atoms with Crippen LogP contribution >= 0.6 is 0 Å². The Labute approximate surface area is 82.0 Å². The summed E-state index contributed by atoms with van der Waals surface area (Å²) in [5.74, 6) is 0. The average molecular weight is 198 g/mol. The van der Waals surface area contributed by atoms with Crippen LogP contribution in [-0.4, -0.2) is 16.4 Å². The van der Waals surface area contributed by atoms with Gasteiger partial charge in [-0.25, -0.2) is 4.79 Å². The van der Waals surface area contributed by atoms with Crippen LogP contribution in [0.2, 0.25) is 0 Å². The Hall–Kier alpha value is -1.59. The lowest BCUT2D eigenvalue weighted by molar-refractivity contribution is 0.137. The van der Waals surface area contributed by atoms with Crippen molar-refractivity contribution in [2.24, 2.45) is 11.5 Å². The van der Waals surface area contributed by atoms with Gasteiger partial charge >= 0.3 is 6.16 Å². The van der Waals surface area contributed by atoms with E-state index >= 15 is 0 Å². The fourth-order valence-electron chi connectivity index (χ4n) is 0.956. The van der Waals surface area contributed by atoms with Crippen LogP contribution in [0.25, 0.3) is 0 Å². The molecule has 1 aromatic carbocycles. The van der Waals surface area contributed by atoms with E-state index < -0.39 is 6.16 Å². The highest BCUT2D eigenvalue weighted by atomic mass is 16.6. The van der Waals surface area contributed by atoms with Gasteiger partial charge in [0.15, 0.2) is 0 Å². The molecule has 0 heterocycles. The summed E-state index contributed by atoms with van der Waals surface area (Å²) < 4.78 is 0. The molecule has 0 aliphatic carbocycles. The first-order valence-electron chi connectivity index (χ1n) is 4.00.